The van der Waals surface area contributed by atoms with E-state index in [-0.39, 0.29) is 24.8 Å². The molecule has 3 aliphatic rings. The Hall–Kier alpha value is -3.13. The SMILES string of the molecule is COc1ccc2c(c1)C(=O)N(C[C@@]1(c3cc4c(o3)CCNC4)CC(=O)NC1=O)C2. The average molecular weight is 395 g/mol. The zero-order chi connectivity index (χ0) is 20.2. The molecule has 0 unspecified atom stereocenters. The lowest BCUT2D eigenvalue weighted by Crippen LogP contribution is -2.46. The number of benzene rings is 1. The van der Waals surface area contributed by atoms with Crippen molar-refractivity contribution in [2.24, 2.45) is 0 Å². The summed E-state index contributed by atoms with van der Waals surface area (Å²) in [7, 11) is 1.55. The molecular weight excluding hydrogens is 374 g/mol. The highest BCUT2D eigenvalue weighted by Crippen LogP contribution is 2.39. The van der Waals surface area contributed by atoms with Crippen molar-refractivity contribution in [3.05, 3.63) is 52.5 Å². The van der Waals surface area contributed by atoms with Crippen molar-refractivity contribution in [3.63, 3.8) is 0 Å². The van der Waals surface area contributed by atoms with E-state index in [0.29, 0.717) is 30.2 Å². The van der Waals surface area contributed by atoms with Gasteiger partial charge >= 0.3 is 0 Å². The molecule has 0 aliphatic carbocycles. The Labute approximate surface area is 167 Å². The van der Waals surface area contributed by atoms with E-state index in [4.69, 9.17) is 9.15 Å². The summed E-state index contributed by atoms with van der Waals surface area (Å²) in [6.45, 7) is 1.93. The lowest BCUT2D eigenvalue weighted by molar-refractivity contribution is -0.127. The zero-order valence-corrected chi connectivity index (χ0v) is 16.0. The number of hydrogen-bond acceptors (Lipinski definition) is 6. The molecule has 4 heterocycles. The largest absolute Gasteiger partial charge is 0.497 e. The summed E-state index contributed by atoms with van der Waals surface area (Å²) in [6, 6.07) is 7.23. The number of nitrogens with one attached hydrogen (secondary N) is 2. The number of carbonyl (C=O) groups excluding carboxylic acids is 3. The molecule has 1 saturated heterocycles. The molecule has 1 aromatic carbocycles. The van der Waals surface area contributed by atoms with Gasteiger partial charge in [0.15, 0.2) is 0 Å². The molecule has 0 radical (unpaired) electrons. The predicted molar refractivity (Wildman–Crippen MR) is 101 cm³/mol. The van der Waals surface area contributed by atoms with Crippen LogP contribution in [0.25, 0.3) is 0 Å². The Morgan fingerprint density at radius 3 is 2.79 bits per heavy atom. The van der Waals surface area contributed by atoms with Gasteiger partial charge in [0.05, 0.1) is 13.5 Å². The third kappa shape index (κ3) is 2.74. The highest BCUT2D eigenvalue weighted by atomic mass is 16.5. The number of nitrogens with zero attached hydrogens (tertiary/aromatic N) is 1. The fourth-order valence-corrected chi connectivity index (χ4v) is 4.46. The van der Waals surface area contributed by atoms with Crippen molar-refractivity contribution in [2.45, 2.75) is 31.3 Å². The summed E-state index contributed by atoms with van der Waals surface area (Å²) < 4.78 is 11.3. The van der Waals surface area contributed by atoms with Crippen LogP contribution in [-0.4, -0.2) is 42.8 Å². The molecule has 2 N–H and O–H groups in total. The van der Waals surface area contributed by atoms with Crippen LogP contribution >= 0.6 is 0 Å². The summed E-state index contributed by atoms with van der Waals surface area (Å²) in [5.41, 5.74) is 1.22. The molecule has 3 aliphatic heterocycles. The Kier molecular flexibility index (Phi) is 3.99. The second kappa shape index (κ2) is 6.45. The second-order valence-electron chi connectivity index (χ2n) is 7.81. The third-order valence-electron chi connectivity index (χ3n) is 6.02. The van der Waals surface area contributed by atoms with Gasteiger partial charge in [-0.15, -0.1) is 0 Å². The molecule has 0 saturated carbocycles. The van der Waals surface area contributed by atoms with Gasteiger partial charge in [0.25, 0.3) is 5.91 Å². The van der Waals surface area contributed by atoms with Crippen LogP contribution in [0.15, 0.2) is 28.7 Å². The number of hydrogen-bond donors (Lipinski definition) is 2. The van der Waals surface area contributed by atoms with Crippen LogP contribution in [0.5, 0.6) is 5.75 Å². The second-order valence-corrected chi connectivity index (χ2v) is 7.81. The highest BCUT2D eigenvalue weighted by molar-refractivity contribution is 6.09. The zero-order valence-electron chi connectivity index (χ0n) is 16.0. The number of carbonyl (C=O) groups is 3. The summed E-state index contributed by atoms with van der Waals surface area (Å²) in [6.07, 6.45) is 0.698. The van der Waals surface area contributed by atoms with Crippen LogP contribution in [0, 0.1) is 0 Å². The molecule has 0 bridgehead atoms. The van der Waals surface area contributed by atoms with Crippen molar-refractivity contribution < 1.29 is 23.5 Å². The van der Waals surface area contributed by atoms with Crippen molar-refractivity contribution in [3.8, 4) is 5.75 Å². The average Bonchev–Trinajstić information content (AvgIpc) is 3.36. The predicted octanol–water partition coefficient (Wildman–Crippen LogP) is 0.874. The third-order valence-corrected chi connectivity index (χ3v) is 6.02. The summed E-state index contributed by atoms with van der Waals surface area (Å²) in [4.78, 5) is 39.7. The van der Waals surface area contributed by atoms with Crippen LogP contribution in [-0.2, 0) is 34.5 Å². The molecule has 1 aromatic heterocycles. The van der Waals surface area contributed by atoms with Gasteiger partial charge in [0, 0.05) is 43.7 Å². The molecule has 1 atom stereocenters. The Morgan fingerprint density at radius 1 is 1.21 bits per heavy atom. The van der Waals surface area contributed by atoms with Gasteiger partial charge < -0.3 is 19.4 Å². The minimum atomic E-state index is -1.21. The van der Waals surface area contributed by atoms with E-state index in [1.807, 2.05) is 18.2 Å². The van der Waals surface area contributed by atoms with Crippen molar-refractivity contribution >= 4 is 17.7 Å². The first-order chi connectivity index (χ1) is 14.0. The fourth-order valence-electron chi connectivity index (χ4n) is 4.46. The van der Waals surface area contributed by atoms with Gasteiger partial charge in [-0.05, 0) is 23.8 Å². The van der Waals surface area contributed by atoms with Crippen LogP contribution in [0.2, 0.25) is 0 Å². The number of imide groups is 1. The quantitative estimate of drug-likeness (QED) is 0.746. The lowest BCUT2D eigenvalue weighted by Gasteiger charge is -2.28. The molecule has 1 fully saturated rings. The van der Waals surface area contributed by atoms with Gasteiger partial charge in [-0.3, -0.25) is 19.7 Å². The Morgan fingerprint density at radius 2 is 2.07 bits per heavy atom. The van der Waals surface area contributed by atoms with E-state index in [9.17, 15) is 14.4 Å². The maximum atomic E-state index is 13.0. The van der Waals surface area contributed by atoms with Crippen LogP contribution in [0.4, 0.5) is 0 Å². The van der Waals surface area contributed by atoms with Crippen molar-refractivity contribution in [2.75, 3.05) is 20.2 Å². The van der Waals surface area contributed by atoms with E-state index >= 15 is 0 Å². The maximum absolute atomic E-state index is 13.0. The molecule has 8 nitrogen and oxygen atoms in total. The van der Waals surface area contributed by atoms with Gasteiger partial charge in [-0.25, -0.2) is 0 Å². The van der Waals surface area contributed by atoms with E-state index in [2.05, 4.69) is 10.6 Å². The maximum Gasteiger partial charge on any atom is 0.254 e. The number of ether oxygens (including phenoxy) is 1. The normalized spacial score (nSPS) is 23.2. The van der Waals surface area contributed by atoms with Crippen molar-refractivity contribution in [1.82, 2.24) is 15.5 Å². The summed E-state index contributed by atoms with van der Waals surface area (Å²) in [5, 5.41) is 5.68. The first-order valence-electron chi connectivity index (χ1n) is 9.63. The molecule has 29 heavy (non-hydrogen) atoms. The number of methoxy groups -OCH3 is 1. The number of fused-ring (bicyclic) bond motifs is 2. The molecule has 150 valence electrons. The smallest absolute Gasteiger partial charge is 0.254 e. The monoisotopic (exact) mass is 395 g/mol. The molecule has 8 heteroatoms. The van der Waals surface area contributed by atoms with Gasteiger partial charge in [0.2, 0.25) is 11.8 Å². The number of furan rings is 1. The molecular formula is C21H21N3O5. The first-order valence-corrected chi connectivity index (χ1v) is 9.63. The highest BCUT2D eigenvalue weighted by Gasteiger charge is 2.53. The summed E-state index contributed by atoms with van der Waals surface area (Å²) in [5.74, 6) is 0.954. The summed E-state index contributed by atoms with van der Waals surface area (Å²) >= 11 is 0. The van der Waals surface area contributed by atoms with Gasteiger partial charge in [0.1, 0.15) is 22.7 Å². The Bertz CT molecular complexity index is 1020. The van der Waals surface area contributed by atoms with E-state index < -0.39 is 11.3 Å². The van der Waals surface area contributed by atoms with Crippen molar-refractivity contribution in [1.29, 1.82) is 0 Å². The van der Waals surface area contributed by atoms with Crippen LogP contribution in [0.1, 0.15) is 39.4 Å². The minimum Gasteiger partial charge on any atom is -0.497 e. The number of amides is 3. The van der Waals surface area contributed by atoms with Gasteiger partial charge in [-0.1, -0.05) is 6.07 Å². The van der Waals surface area contributed by atoms with E-state index in [1.165, 1.54) is 0 Å². The topological polar surface area (TPSA) is 101 Å². The fraction of sp³-hybridized carbons (Fsp3) is 0.381. The van der Waals surface area contributed by atoms with Crippen LogP contribution < -0.4 is 15.4 Å². The lowest BCUT2D eigenvalue weighted by atomic mass is 9.82. The minimum absolute atomic E-state index is 0.0326. The first kappa shape index (κ1) is 17.9. The molecule has 2 aromatic rings. The Balaban J connectivity index is 1.51. The molecule has 0 spiro atoms. The number of rotatable bonds is 4. The standard InChI is InChI=1S/C21H21N3O5/c1-28-14-3-2-12-10-24(19(26)15(12)7-14)11-21(8-18(25)23-20(21)27)17-6-13-9-22-5-4-16(13)29-17/h2-3,6-7,22H,4-5,8-11H2,1H3,(H,23,25,27)/t21-/m1/s1. The van der Waals surface area contributed by atoms with Crippen LogP contribution in [0.3, 0.4) is 0 Å². The van der Waals surface area contributed by atoms with E-state index in [0.717, 1.165) is 29.9 Å². The van der Waals surface area contributed by atoms with Gasteiger partial charge in [-0.2, -0.15) is 0 Å². The van der Waals surface area contributed by atoms with E-state index in [1.54, 1.807) is 18.1 Å². The molecule has 5 rings (SSSR count). The molecule has 3 amide bonds.